The van der Waals surface area contributed by atoms with Gasteiger partial charge in [-0.1, -0.05) is 24.3 Å². The van der Waals surface area contributed by atoms with Crippen molar-refractivity contribution in [3.63, 3.8) is 0 Å². The third kappa shape index (κ3) is 0.633. The molecule has 2 aliphatic rings. The van der Waals surface area contributed by atoms with E-state index in [2.05, 4.69) is 18.2 Å². The van der Waals surface area contributed by atoms with Gasteiger partial charge in [0.25, 0.3) is 0 Å². The molecule has 0 unspecified atom stereocenters. The molecule has 1 heterocycles. The van der Waals surface area contributed by atoms with E-state index in [-0.39, 0.29) is 6.10 Å². The lowest BCUT2D eigenvalue weighted by Gasteiger charge is -2.28. The van der Waals surface area contributed by atoms with Crippen LogP contribution in [0, 0.1) is 0 Å². The number of rotatable bonds is 0. The molecule has 0 bridgehead atoms. The van der Waals surface area contributed by atoms with E-state index in [9.17, 15) is 0 Å². The van der Waals surface area contributed by atoms with Crippen molar-refractivity contribution in [1.29, 1.82) is 0 Å². The van der Waals surface area contributed by atoms with Gasteiger partial charge in [0, 0.05) is 6.42 Å². The normalized spacial score (nSPS) is 32.4. The van der Waals surface area contributed by atoms with Crippen LogP contribution in [-0.2, 0) is 16.2 Å². The standard InChI is InChI=1S/C9H8O2/c1-2-4-7-6(3-1)5-8-9(7)11-10-8/h1-4,8-9H,5H2/t8-,9+/m1/s1. The van der Waals surface area contributed by atoms with Crippen molar-refractivity contribution in [1.82, 2.24) is 0 Å². The minimum absolute atomic E-state index is 0.228. The van der Waals surface area contributed by atoms with E-state index in [1.807, 2.05) is 6.07 Å². The smallest absolute Gasteiger partial charge is 0.148 e. The van der Waals surface area contributed by atoms with Crippen molar-refractivity contribution in [2.75, 3.05) is 0 Å². The lowest BCUT2D eigenvalue weighted by atomic mass is 10.1. The molecule has 1 aliphatic carbocycles. The molecule has 56 valence electrons. The van der Waals surface area contributed by atoms with Crippen LogP contribution in [0.4, 0.5) is 0 Å². The molecular weight excluding hydrogens is 140 g/mol. The molecule has 3 rings (SSSR count). The molecule has 2 nitrogen and oxygen atoms in total. The summed E-state index contributed by atoms with van der Waals surface area (Å²) in [6.07, 6.45) is 1.54. The fourth-order valence-electron chi connectivity index (χ4n) is 1.80. The fraction of sp³-hybridized carbons (Fsp3) is 0.333. The van der Waals surface area contributed by atoms with Crippen LogP contribution in [0.1, 0.15) is 17.2 Å². The Morgan fingerprint density at radius 2 is 2.09 bits per heavy atom. The molecular formula is C9H8O2. The Morgan fingerprint density at radius 1 is 1.18 bits per heavy atom. The van der Waals surface area contributed by atoms with Gasteiger partial charge in [-0.2, -0.15) is 0 Å². The second kappa shape index (κ2) is 1.84. The number of fused-ring (bicyclic) bond motifs is 3. The predicted octanol–water partition coefficient (Wildman–Crippen LogP) is 1.61. The van der Waals surface area contributed by atoms with Crippen LogP contribution in [0.15, 0.2) is 24.3 Å². The zero-order valence-corrected chi connectivity index (χ0v) is 5.99. The summed E-state index contributed by atoms with van der Waals surface area (Å²) >= 11 is 0. The first-order valence-corrected chi connectivity index (χ1v) is 3.85. The van der Waals surface area contributed by atoms with Crippen molar-refractivity contribution in [2.45, 2.75) is 18.6 Å². The zero-order chi connectivity index (χ0) is 7.26. The van der Waals surface area contributed by atoms with Gasteiger partial charge in [-0.3, -0.25) is 0 Å². The first-order chi connectivity index (χ1) is 5.45. The Labute approximate surface area is 64.7 Å². The van der Waals surface area contributed by atoms with Gasteiger partial charge in [0.05, 0.1) is 0 Å². The first kappa shape index (κ1) is 5.75. The summed E-state index contributed by atoms with van der Waals surface area (Å²) in [6.45, 7) is 0. The third-order valence-corrected chi connectivity index (χ3v) is 2.40. The van der Waals surface area contributed by atoms with E-state index in [1.54, 1.807) is 0 Å². The van der Waals surface area contributed by atoms with Crippen LogP contribution in [0.3, 0.4) is 0 Å². The average molecular weight is 148 g/mol. The SMILES string of the molecule is c1ccc2c(c1)C[C@H]1OO[C@@H]21. The molecule has 1 saturated heterocycles. The Bertz CT molecular complexity index is 295. The highest BCUT2D eigenvalue weighted by atomic mass is 17.2. The fourth-order valence-corrected chi connectivity index (χ4v) is 1.80. The van der Waals surface area contributed by atoms with Crippen molar-refractivity contribution in [3.8, 4) is 0 Å². The quantitative estimate of drug-likeness (QED) is 0.520. The Morgan fingerprint density at radius 3 is 2.91 bits per heavy atom. The summed E-state index contributed by atoms with van der Waals surface area (Å²) in [5.41, 5.74) is 2.68. The second-order valence-corrected chi connectivity index (χ2v) is 3.05. The number of hydrogen-bond donors (Lipinski definition) is 0. The van der Waals surface area contributed by atoms with Crippen LogP contribution < -0.4 is 0 Å². The summed E-state index contributed by atoms with van der Waals surface area (Å²) in [5.74, 6) is 0. The van der Waals surface area contributed by atoms with Gasteiger partial charge in [0.1, 0.15) is 12.2 Å². The molecule has 0 amide bonds. The molecule has 0 saturated carbocycles. The largest absolute Gasteiger partial charge is 0.229 e. The molecule has 0 spiro atoms. The minimum Gasteiger partial charge on any atom is -0.229 e. The molecule has 1 aliphatic heterocycles. The highest BCUT2D eigenvalue weighted by molar-refractivity contribution is 5.36. The molecule has 2 heteroatoms. The Kier molecular flexibility index (Phi) is 0.962. The van der Waals surface area contributed by atoms with Crippen molar-refractivity contribution >= 4 is 0 Å². The topological polar surface area (TPSA) is 18.5 Å². The van der Waals surface area contributed by atoms with Gasteiger partial charge in [0.15, 0.2) is 0 Å². The minimum atomic E-state index is 0.228. The maximum Gasteiger partial charge on any atom is 0.148 e. The zero-order valence-electron chi connectivity index (χ0n) is 5.99. The predicted molar refractivity (Wildman–Crippen MR) is 38.8 cm³/mol. The monoisotopic (exact) mass is 148 g/mol. The van der Waals surface area contributed by atoms with Gasteiger partial charge < -0.3 is 0 Å². The summed E-state index contributed by atoms with van der Waals surface area (Å²) in [5, 5.41) is 0. The van der Waals surface area contributed by atoms with Crippen molar-refractivity contribution < 1.29 is 9.78 Å². The molecule has 0 radical (unpaired) electrons. The highest BCUT2D eigenvalue weighted by Crippen LogP contribution is 2.42. The summed E-state index contributed by atoms with van der Waals surface area (Å²) < 4.78 is 0. The van der Waals surface area contributed by atoms with Crippen LogP contribution in [0.5, 0.6) is 0 Å². The van der Waals surface area contributed by atoms with Gasteiger partial charge in [-0.15, -0.1) is 0 Å². The van der Waals surface area contributed by atoms with Gasteiger partial charge in [0.2, 0.25) is 0 Å². The molecule has 0 N–H and O–H groups in total. The number of benzene rings is 1. The number of hydrogen-bond acceptors (Lipinski definition) is 2. The second-order valence-electron chi connectivity index (χ2n) is 3.05. The highest BCUT2D eigenvalue weighted by Gasteiger charge is 2.42. The molecule has 1 aromatic rings. The molecule has 1 aromatic carbocycles. The van der Waals surface area contributed by atoms with Crippen molar-refractivity contribution in [2.24, 2.45) is 0 Å². The molecule has 0 aromatic heterocycles. The van der Waals surface area contributed by atoms with Gasteiger partial charge >= 0.3 is 0 Å². The van der Waals surface area contributed by atoms with E-state index in [1.165, 1.54) is 11.1 Å². The lowest BCUT2D eigenvalue weighted by Crippen LogP contribution is -2.31. The van der Waals surface area contributed by atoms with Crippen molar-refractivity contribution in [3.05, 3.63) is 35.4 Å². The molecule has 1 fully saturated rings. The first-order valence-electron chi connectivity index (χ1n) is 3.85. The third-order valence-electron chi connectivity index (χ3n) is 2.40. The summed E-state index contributed by atoms with van der Waals surface area (Å²) in [6, 6.07) is 8.36. The Hall–Kier alpha value is -0.860. The van der Waals surface area contributed by atoms with Gasteiger partial charge in [-0.05, 0) is 11.1 Å². The lowest BCUT2D eigenvalue weighted by molar-refractivity contribution is -0.464. The maximum absolute atomic E-state index is 4.98. The van der Waals surface area contributed by atoms with E-state index >= 15 is 0 Å². The van der Waals surface area contributed by atoms with Crippen LogP contribution in [-0.4, -0.2) is 6.10 Å². The maximum atomic E-state index is 4.98. The van der Waals surface area contributed by atoms with E-state index in [4.69, 9.17) is 9.78 Å². The van der Waals surface area contributed by atoms with E-state index in [0.717, 1.165) is 6.42 Å². The van der Waals surface area contributed by atoms with Crippen LogP contribution in [0.2, 0.25) is 0 Å². The van der Waals surface area contributed by atoms with E-state index < -0.39 is 0 Å². The summed E-state index contributed by atoms with van der Waals surface area (Å²) in [7, 11) is 0. The average Bonchev–Trinajstić information content (AvgIpc) is 2.23. The molecule has 2 atom stereocenters. The van der Waals surface area contributed by atoms with E-state index in [0.29, 0.717) is 6.10 Å². The Balaban J connectivity index is 2.14. The van der Waals surface area contributed by atoms with Gasteiger partial charge in [-0.25, -0.2) is 9.78 Å². The molecule has 11 heavy (non-hydrogen) atoms. The summed E-state index contributed by atoms with van der Waals surface area (Å²) in [4.78, 5) is 9.92. The van der Waals surface area contributed by atoms with Crippen LogP contribution >= 0.6 is 0 Å². The van der Waals surface area contributed by atoms with Crippen LogP contribution in [0.25, 0.3) is 0 Å².